The Morgan fingerprint density at radius 2 is 1.76 bits per heavy atom. The number of hydrazone groups is 1. The highest BCUT2D eigenvalue weighted by Crippen LogP contribution is 2.22. The lowest BCUT2D eigenvalue weighted by Crippen LogP contribution is -2.22. The van der Waals surface area contributed by atoms with Crippen molar-refractivity contribution >= 4 is 17.3 Å². The van der Waals surface area contributed by atoms with Crippen LogP contribution in [0.3, 0.4) is 0 Å². The number of carbonyl (C=O) groups is 1. The average molecular weight is 398 g/mol. The van der Waals surface area contributed by atoms with Crippen LogP contribution in [-0.2, 0) is 6.54 Å². The Kier molecular flexibility index (Phi) is 7.85. The number of amides is 1. The van der Waals surface area contributed by atoms with E-state index in [2.05, 4.69) is 29.3 Å². The van der Waals surface area contributed by atoms with E-state index in [0.717, 1.165) is 36.5 Å². The fourth-order valence-electron chi connectivity index (χ4n) is 2.81. The van der Waals surface area contributed by atoms with Gasteiger partial charge in [-0.25, -0.2) is 5.43 Å². The van der Waals surface area contributed by atoms with E-state index in [1.165, 1.54) is 24.3 Å². The van der Waals surface area contributed by atoms with Crippen LogP contribution in [-0.4, -0.2) is 41.6 Å². The number of carbonyl (C=O) groups excluding carboxylic acids is 1. The molecule has 0 radical (unpaired) electrons. The molecule has 8 nitrogen and oxygen atoms in total. The number of rotatable bonds is 9. The highest BCUT2D eigenvalue weighted by Gasteiger charge is 2.11. The first-order valence-electron chi connectivity index (χ1n) is 9.38. The minimum atomic E-state index is -0.510. The predicted molar refractivity (Wildman–Crippen MR) is 112 cm³/mol. The third-order valence-electron chi connectivity index (χ3n) is 4.65. The molecule has 0 aromatic heterocycles. The zero-order valence-corrected chi connectivity index (χ0v) is 17.1. The van der Waals surface area contributed by atoms with Gasteiger partial charge in [-0.2, -0.15) is 5.10 Å². The quantitative estimate of drug-likeness (QED) is 0.395. The number of hydrogen-bond donors (Lipinski definition) is 1. The number of methoxy groups -OCH3 is 1. The topological polar surface area (TPSA) is 97.1 Å². The van der Waals surface area contributed by atoms with Crippen LogP contribution in [0.5, 0.6) is 5.75 Å². The molecule has 1 amide bonds. The number of benzene rings is 2. The van der Waals surface area contributed by atoms with Crippen LogP contribution >= 0.6 is 0 Å². The summed E-state index contributed by atoms with van der Waals surface area (Å²) in [6, 6.07) is 11.2. The van der Waals surface area contributed by atoms with Crippen LogP contribution in [0, 0.1) is 10.1 Å². The predicted octanol–water partition coefficient (Wildman–Crippen LogP) is 3.60. The Bertz CT molecular complexity index is 890. The fourth-order valence-corrected chi connectivity index (χ4v) is 2.81. The van der Waals surface area contributed by atoms with E-state index in [0.29, 0.717) is 11.3 Å². The Labute approximate surface area is 170 Å². The molecule has 2 aromatic rings. The van der Waals surface area contributed by atoms with Crippen molar-refractivity contribution in [3.05, 3.63) is 69.3 Å². The molecule has 29 heavy (non-hydrogen) atoms. The SMILES string of the molecule is CCN(CC)Cc1cc(/C(C)=N\NC(=O)c2ccc([N+](=O)[O-])cc2)ccc1OC. The van der Waals surface area contributed by atoms with E-state index in [1.807, 2.05) is 18.2 Å². The summed E-state index contributed by atoms with van der Waals surface area (Å²) in [4.78, 5) is 24.7. The van der Waals surface area contributed by atoms with Gasteiger partial charge in [-0.05, 0) is 55.9 Å². The zero-order valence-electron chi connectivity index (χ0n) is 17.1. The fraction of sp³-hybridized carbons (Fsp3) is 0.333. The molecule has 0 aliphatic heterocycles. The second kappa shape index (κ2) is 10.3. The van der Waals surface area contributed by atoms with Gasteiger partial charge in [0.25, 0.3) is 11.6 Å². The van der Waals surface area contributed by atoms with Crippen LogP contribution in [0.25, 0.3) is 0 Å². The summed E-state index contributed by atoms with van der Waals surface area (Å²) in [7, 11) is 1.64. The van der Waals surface area contributed by atoms with Crippen molar-refractivity contribution in [3.63, 3.8) is 0 Å². The smallest absolute Gasteiger partial charge is 0.271 e. The second-order valence-corrected chi connectivity index (χ2v) is 6.43. The van der Waals surface area contributed by atoms with Gasteiger partial charge in [0.1, 0.15) is 5.75 Å². The van der Waals surface area contributed by atoms with Gasteiger partial charge in [-0.3, -0.25) is 19.8 Å². The van der Waals surface area contributed by atoms with Crippen LogP contribution in [0.1, 0.15) is 42.3 Å². The number of nitro groups is 1. The van der Waals surface area contributed by atoms with E-state index in [9.17, 15) is 14.9 Å². The molecule has 0 spiro atoms. The zero-order chi connectivity index (χ0) is 21.4. The molecule has 0 saturated heterocycles. The van der Waals surface area contributed by atoms with Gasteiger partial charge in [0.05, 0.1) is 17.7 Å². The lowest BCUT2D eigenvalue weighted by molar-refractivity contribution is -0.384. The monoisotopic (exact) mass is 398 g/mol. The number of nitro benzene ring substituents is 1. The Morgan fingerprint density at radius 1 is 1.14 bits per heavy atom. The van der Waals surface area contributed by atoms with Crippen LogP contribution in [0.2, 0.25) is 0 Å². The second-order valence-electron chi connectivity index (χ2n) is 6.43. The molecule has 0 fully saturated rings. The summed E-state index contributed by atoms with van der Waals surface area (Å²) in [5, 5.41) is 14.9. The molecule has 0 bridgehead atoms. The summed E-state index contributed by atoms with van der Waals surface area (Å²) >= 11 is 0. The van der Waals surface area contributed by atoms with E-state index in [1.54, 1.807) is 14.0 Å². The summed E-state index contributed by atoms with van der Waals surface area (Å²) in [6.45, 7) is 8.65. The van der Waals surface area contributed by atoms with Gasteiger partial charge < -0.3 is 4.74 Å². The maximum absolute atomic E-state index is 12.2. The van der Waals surface area contributed by atoms with Gasteiger partial charge >= 0.3 is 0 Å². The lowest BCUT2D eigenvalue weighted by atomic mass is 10.1. The molecular formula is C21H26N4O4. The first-order chi connectivity index (χ1) is 13.9. The number of nitrogens with zero attached hydrogens (tertiary/aromatic N) is 3. The van der Waals surface area contributed by atoms with Gasteiger partial charge in [0.15, 0.2) is 0 Å². The average Bonchev–Trinajstić information content (AvgIpc) is 2.75. The van der Waals surface area contributed by atoms with Crippen LogP contribution < -0.4 is 10.2 Å². The molecule has 0 aliphatic rings. The van der Waals surface area contributed by atoms with Crippen molar-refractivity contribution in [1.82, 2.24) is 10.3 Å². The maximum Gasteiger partial charge on any atom is 0.271 e. The first kappa shape index (κ1) is 22.0. The van der Waals surface area contributed by atoms with E-state index >= 15 is 0 Å². The summed E-state index contributed by atoms with van der Waals surface area (Å²) < 4.78 is 5.47. The first-order valence-corrected chi connectivity index (χ1v) is 9.38. The maximum atomic E-state index is 12.2. The van der Waals surface area contributed by atoms with Crippen LogP contribution in [0.4, 0.5) is 5.69 Å². The highest BCUT2D eigenvalue weighted by molar-refractivity contribution is 6.01. The number of ether oxygens (including phenoxy) is 1. The third kappa shape index (κ3) is 5.86. The highest BCUT2D eigenvalue weighted by atomic mass is 16.6. The molecule has 154 valence electrons. The van der Waals surface area contributed by atoms with Gasteiger partial charge in [-0.15, -0.1) is 0 Å². The minimum Gasteiger partial charge on any atom is -0.496 e. The molecule has 1 N–H and O–H groups in total. The van der Waals surface area contributed by atoms with Gasteiger partial charge in [-0.1, -0.05) is 13.8 Å². The molecule has 0 saturated carbocycles. The standard InChI is InChI=1S/C21H26N4O4/c1-5-24(6-2)14-18-13-17(9-12-20(18)29-4)15(3)22-23-21(26)16-7-10-19(11-8-16)25(27)28/h7-13H,5-6,14H2,1-4H3,(H,23,26)/b22-15-. The van der Waals surface area contributed by atoms with E-state index in [-0.39, 0.29) is 5.69 Å². The molecule has 2 aromatic carbocycles. The normalized spacial score (nSPS) is 11.4. The molecule has 2 rings (SSSR count). The molecule has 0 heterocycles. The van der Waals surface area contributed by atoms with Crippen molar-refractivity contribution in [1.29, 1.82) is 0 Å². The van der Waals surface area contributed by atoms with E-state index < -0.39 is 10.8 Å². The molecule has 0 aliphatic carbocycles. The van der Waals surface area contributed by atoms with E-state index in [4.69, 9.17) is 4.74 Å². The molecule has 0 atom stereocenters. The van der Waals surface area contributed by atoms with Gasteiger partial charge in [0, 0.05) is 29.8 Å². The van der Waals surface area contributed by atoms with Crippen molar-refractivity contribution in [2.24, 2.45) is 5.10 Å². The summed E-state index contributed by atoms with van der Waals surface area (Å²) in [5.74, 6) is 0.375. The lowest BCUT2D eigenvalue weighted by Gasteiger charge is -2.20. The molecular weight excluding hydrogens is 372 g/mol. The summed E-state index contributed by atoms with van der Waals surface area (Å²) in [5.41, 5.74) is 5.28. The van der Waals surface area contributed by atoms with Crippen molar-refractivity contribution in [2.45, 2.75) is 27.3 Å². The Hall–Kier alpha value is -3.26. The molecule has 8 heteroatoms. The molecule has 0 unspecified atom stereocenters. The number of nitrogens with one attached hydrogen (secondary N) is 1. The Balaban J connectivity index is 2.15. The largest absolute Gasteiger partial charge is 0.496 e. The minimum absolute atomic E-state index is 0.0693. The van der Waals surface area contributed by atoms with Crippen molar-refractivity contribution < 1.29 is 14.5 Å². The number of hydrogen-bond acceptors (Lipinski definition) is 6. The Morgan fingerprint density at radius 3 is 2.31 bits per heavy atom. The summed E-state index contributed by atoms with van der Waals surface area (Å²) in [6.07, 6.45) is 0. The number of non-ortho nitro benzene ring substituents is 1. The third-order valence-corrected chi connectivity index (χ3v) is 4.65. The van der Waals surface area contributed by atoms with Crippen molar-refractivity contribution in [3.8, 4) is 5.75 Å². The van der Waals surface area contributed by atoms with Crippen molar-refractivity contribution in [2.75, 3.05) is 20.2 Å². The van der Waals surface area contributed by atoms with Gasteiger partial charge in [0.2, 0.25) is 0 Å². The van der Waals surface area contributed by atoms with Crippen LogP contribution in [0.15, 0.2) is 47.6 Å².